The topological polar surface area (TPSA) is 94.1 Å². The van der Waals surface area contributed by atoms with E-state index in [0.29, 0.717) is 5.52 Å². The Bertz CT molecular complexity index is 616. The number of hydrogen-bond acceptors (Lipinski definition) is 4. The second kappa shape index (κ2) is 3.78. The van der Waals surface area contributed by atoms with Crippen molar-refractivity contribution in [3.8, 4) is 5.75 Å². The van der Waals surface area contributed by atoms with Crippen LogP contribution in [-0.2, 0) is 0 Å². The lowest BCUT2D eigenvalue weighted by Crippen LogP contribution is -2.02. The highest BCUT2D eigenvalue weighted by molar-refractivity contribution is 5.94. The van der Waals surface area contributed by atoms with Crippen LogP contribution in [0.25, 0.3) is 5.52 Å². The van der Waals surface area contributed by atoms with Crippen LogP contribution in [0.4, 0.5) is 5.69 Å². The van der Waals surface area contributed by atoms with Gasteiger partial charge in [0.25, 0.3) is 5.69 Å². The fourth-order valence-electron chi connectivity index (χ4n) is 1.62. The molecule has 2 aromatic rings. The van der Waals surface area contributed by atoms with Crippen LogP contribution in [0.5, 0.6) is 5.75 Å². The molecular weight excluding hydrogens is 228 g/mol. The molecule has 0 radical (unpaired) electrons. The summed E-state index contributed by atoms with van der Waals surface area (Å²) in [4.78, 5) is 21.0. The summed E-state index contributed by atoms with van der Waals surface area (Å²) in [5.74, 6) is -1.04. The van der Waals surface area contributed by atoms with Crippen LogP contribution < -0.4 is 4.74 Å². The third-order valence-corrected chi connectivity index (χ3v) is 2.36. The van der Waals surface area contributed by atoms with E-state index in [2.05, 4.69) is 0 Å². The summed E-state index contributed by atoms with van der Waals surface area (Å²) in [6.45, 7) is 0. The summed E-state index contributed by atoms with van der Waals surface area (Å²) in [5, 5.41) is 19.6. The average molecular weight is 236 g/mol. The number of aromatic carboxylic acids is 1. The van der Waals surface area contributed by atoms with Crippen LogP contribution in [0.15, 0.2) is 24.5 Å². The highest BCUT2D eigenvalue weighted by Crippen LogP contribution is 2.29. The molecule has 0 fully saturated rings. The molecule has 2 aromatic heterocycles. The van der Waals surface area contributed by atoms with Crippen LogP contribution in [0.1, 0.15) is 10.4 Å². The summed E-state index contributed by atoms with van der Waals surface area (Å²) in [6.07, 6.45) is 2.73. The van der Waals surface area contributed by atoms with E-state index in [9.17, 15) is 14.9 Å². The first-order chi connectivity index (χ1) is 8.04. The lowest BCUT2D eigenvalue weighted by molar-refractivity contribution is -0.384. The third-order valence-electron chi connectivity index (χ3n) is 2.36. The molecule has 0 spiro atoms. The Morgan fingerprint density at radius 2 is 2.29 bits per heavy atom. The Morgan fingerprint density at radius 3 is 2.82 bits per heavy atom. The minimum Gasteiger partial charge on any atom is -0.494 e. The van der Waals surface area contributed by atoms with Crippen molar-refractivity contribution in [1.29, 1.82) is 0 Å². The molecule has 88 valence electrons. The molecule has 0 aliphatic rings. The maximum absolute atomic E-state index is 10.9. The first-order valence-corrected chi connectivity index (χ1v) is 4.61. The maximum atomic E-state index is 10.9. The molecule has 2 heterocycles. The zero-order valence-corrected chi connectivity index (χ0v) is 8.78. The second-order valence-corrected chi connectivity index (χ2v) is 3.32. The second-order valence-electron chi connectivity index (χ2n) is 3.32. The highest BCUT2D eigenvalue weighted by Gasteiger charge is 2.18. The maximum Gasteiger partial charge on any atom is 0.339 e. The van der Waals surface area contributed by atoms with Crippen LogP contribution >= 0.6 is 0 Å². The Labute approximate surface area is 95.0 Å². The van der Waals surface area contributed by atoms with E-state index < -0.39 is 10.9 Å². The predicted octanol–water partition coefficient (Wildman–Crippen LogP) is 1.55. The molecule has 0 saturated carbocycles. The highest BCUT2D eigenvalue weighted by atomic mass is 16.6. The molecule has 0 atom stereocenters. The monoisotopic (exact) mass is 236 g/mol. The molecule has 2 rings (SSSR count). The van der Waals surface area contributed by atoms with Crippen molar-refractivity contribution in [3.05, 3.63) is 40.2 Å². The van der Waals surface area contributed by atoms with Gasteiger partial charge in [-0.2, -0.15) is 0 Å². The van der Waals surface area contributed by atoms with Crippen molar-refractivity contribution in [2.45, 2.75) is 0 Å². The van der Waals surface area contributed by atoms with E-state index in [1.54, 1.807) is 0 Å². The van der Waals surface area contributed by atoms with Gasteiger partial charge in [0.2, 0.25) is 0 Å². The van der Waals surface area contributed by atoms with E-state index in [1.165, 1.54) is 36.0 Å². The quantitative estimate of drug-likeness (QED) is 0.644. The number of carboxylic acid groups (broad SMARTS) is 1. The number of carboxylic acids is 1. The predicted molar refractivity (Wildman–Crippen MR) is 57.6 cm³/mol. The molecule has 0 saturated heterocycles. The summed E-state index contributed by atoms with van der Waals surface area (Å²) in [5.41, 5.74) is 0.193. The van der Waals surface area contributed by atoms with Crippen LogP contribution in [0, 0.1) is 10.1 Å². The van der Waals surface area contributed by atoms with Crippen LogP contribution in [-0.4, -0.2) is 27.5 Å². The lowest BCUT2D eigenvalue weighted by Gasteiger charge is -2.06. The Balaban J connectivity index is 2.76. The van der Waals surface area contributed by atoms with Gasteiger partial charge >= 0.3 is 5.97 Å². The van der Waals surface area contributed by atoms with Gasteiger partial charge in [-0.3, -0.25) is 10.1 Å². The van der Waals surface area contributed by atoms with Gasteiger partial charge in [-0.15, -0.1) is 0 Å². The van der Waals surface area contributed by atoms with E-state index in [1.807, 2.05) is 0 Å². The van der Waals surface area contributed by atoms with Gasteiger partial charge in [0.15, 0.2) is 5.75 Å². The van der Waals surface area contributed by atoms with Crippen molar-refractivity contribution in [2.24, 2.45) is 0 Å². The number of carbonyl (C=O) groups is 1. The molecule has 1 N–H and O–H groups in total. The van der Waals surface area contributed by atoms with Crippen molar-refractivity contribution in [1.82, 2.24) is 4.40 Å². The number of nitro groups is 1. The fraction of sp³-hybridized carbons (Fsp3) is 0.100. The summed E-state index contributed by atoms with van der Waals surface area (Å²) >= 11 is 0. The molecule has 0 bridgehead atoms. The van der Waals surface area contributed by atoms with Gasteiger partial charge in [0.1, 0.15) is 5.56 Å². The number of aromatic nitrogens is 1. The van der Waals surface area contributed by atoms with Gasteiger partial charge < -0.3 is 14.2 Å². The number of nitrogens with zero attached hydrogens (tertiary/aromatic N) is 2. The lowest BCUT2D eigenvalue weighted by atomic mass is 10.2. The van der Waals surface area contributed by atoms with Crippen molar-refractivity contribution in [3.63, 3.8) is 0 Å². The van der Waals surface area contributed by atoms with Gasteiger partial charge in [-0.05, 0) is 6.07 Å². The molecule has 7 nitrogen and oxygen atoms in total. The largest absolute Gasteiger partial charge is 0.494 e. The Morgan fingerprint density at radius 1 is 1.59 bits per heavy atom. The Hall–Kier alpha value is -2.57. The summed E-state index contributed by atoms with van der Waals surface area (Å²) in [6, 6.07) is 2.60. The average Bonchev–Trinajstić information content (AvgIpc) is 2.70. The van der Waals surface area contributed by atoms with E-state index in [-0.39, 0.29) is 17.0 Å². The first kappa shape index (κ1) is 10.9. The van der Waals surface area contributed by atoms with Crippen LogP contribution in [0.3, 0.4) is 0 Å². The SMILES string of the molecule is COc1c(C(=O)O)ccn2cc([N+](=O)[O-])cc12. The van der Waals surface area contributed by atoms with E-state index >= 15 is 0 Å². The number of fused-ring (bicyclic) bond motifs is 1. The summed E-state index contributed by atoms with van der Waals surface area (Å²) < 4.78 is 6.44. The number of methoxy groups -OCH3 is 1. The molecular formula is C10H8N2O5. The smallest absolute Gasteiger partial charge is 0.339 e. The first-order valence-electron chi connectivity index (χ1n) is 4.61. The van der Waals surface area contributed by atoms with Crippen LogP contribution in [0.2, 0.25) is 0 Å². The van der Waals surface area contributed by atoms with Crippen molar-refractivity contribution < 1.29 is 19.6 Å². The fourth-order valence-corrected chi connectivity index (χ4v) is 1.62. The molecule has 17 heavy (non-hydrogen) atoms. The van der Waals surface area contributed by atoms with Gasteiger partial charge in [-0.1, -0.05) is 0 Å². The molecule has 7 heteroatoms. The molecule has 0 amide bonds. The number of rotatable bonds is 3. The van der Waals surface area contributed by atoms with E-state index in [0.717, 1.165) is 0 Å². The number of pyridine rings is 1. The van der Waals surface area contributed by atoms with Gasteiger partial charge in [0.05, 0.1) is 23.7 Å². The molecule has 0 aliphatic carbocycles. The Kier molecular flexibility index (Phi) is 2.43. The summed E-state index contributed by atoms with van der Waals surface area (Å²) in [7, 11) is 1.32. The standard InChI is InChI=1S/C10H8N2O5/c1-17-9-7(10(13)14)2-3-11-5-6(12(15)16)4-8(9)11/h2-5H,1H3,(H,13,14). The molecule has 0 unspecified atom stereocenters. The van der Waals surface area contributed by atoms with Crippen molar-refractivity contribution in [2.75, 3.05) is 7.11 Å². The number of hydrogen-bond donors (Lipinski definition) is 1. The minimum atomic E-state index is -1.15. The third kappa shape index (κ3) is 1.67. The minimum absolute atomic E-state index is 0.0343. The van der Waals surface area contributed by atoms with Gasteiger partial charge in [-0.25, -0.2) is 4.79 Å². The number of ether oxygens (including phenoxy) is 1. The van der Waals surface area contributed by atoms with Crippen molar-refractivity contribution >= 4 is 17.2 Å². The molecule has 0 aliphatic heterocycles. The van der Waals surface area contributed by atoms with E-state index in [4.69, 9.17) is 9.84 Å². The van der Waals surface area contributed by atoms with Gasteiger partial charge in [0, 0.05) is 12.3 Å². The normalized spacial score (nSPS) is 10.4. The molecule has 0 aromatic carbocycles. The zero-order valence-electron chi connectivity index (χ0n) is 8.78. The zero-order chi connectivity index (χ0) is 12.6.